The molecule has 1 aromatic carbocycles. The third kappa shape index (κ3) is 4.76. The number of Topliss-reactive ketones (excluding diaryl/α,β-unsaturated/α-hetero) is 2. The zero-order valence-electron chi connectivity index (χ0n) is 16.8. The molecule has 6 heteroatoms. The van der Waals surface area contributed by atoms with E-state index < -0.39 is 12.1 Å². The number of aryl methyl sites for hydroxylation is 1. The number of carbonyl (C=O) groups excluding carboxylic acids is 3. The second-order valence-corrected chi connectivity index (χ2v) is 6.43. The van der Waals surface area contributed by atoms with Crippen molar-refractivity contribution in [3.05, 3.63) is 58.4 Å². The Morgan fingerprint density at radius 2 is 1.86 bits per heavy atom. The number of benzene rings is 1. The van der Waals surface area contributed by atoms with Gasteiger partial charge in [0.05, 0.1) is 12.3 Å². The molecule has 0 aliphatic rings. The lowest BCUT2D eigenvalue weighted by atomic mass is 10.0. The van der Waals surface area contributed by atoms with E-state index in [4.69, 9.17) is 9.47 Å². The smallest absolute Gasteiger partial charge is 0.331 e. The van der Waals surface area contributed by atoms with Crippen molar-refractivity contribution in [3.63, 3.8) is 0 Å². The van der Waals surface area contributed by atoms with Crippen LogP contribution in [0.3, 0.4) is 0 Å². The normalized spacial score (nSPS) is 12.0. The van der Waals surface area contributed by atoms with Gasteiger partial charge in [-0.2, -0.15) is 0 Å². The molecule has 0 saturated heterocycles. The Morgan fingerprint density at radius 1 is 1.18 bits per heavy atom. The summed E-state index contributed by atoms with van der Waals surface area (Å²) in [5.41, 5.74) is 2.71. The quantitative estimate of drug-likeness (QED) is 0.422. The van der Waals surface area contributed by atoms with Gasteiger partial charge in [-0.05, 0) is 52.3 Å². The van der Waals surface area contributed by atoms with Gasteiger partial charge in [0.15, 0.2) is 11.9 Å². The molecular weight excluding hydrogens is 358 g/mol. The Kier molecular flexibility index (Phi) is 6.93. The van der Waals surface area contributed by atoms with E-state index in [9.17, 15) is 14.4 Å². The van der Waals surface area contributed by atoms with Gasteiger partial charge in [-0.25, -0.2) is 4.79 Å². The van der Waals surface area contributed by atoms with Crippen LogP contribution in [-0.4, -0.2) is 35.2 Å². The number of aromatic amines is 1. The number of hydrogen-bond acceptors (Lipinski definition) is 5. The van der Waals surface area contributed by atoms with Crippen LogP contribution < -0.4 is 4.74 Å². The van der Waals surface area contributed by atoms with Gasteiger partial charge in [-0.15, -0.1) is 0 Å². The van der Waals surface area contributed by atoms with Crippen LogP contribution in [-0.2, 0) is 9.53 Å². The molecule has 6 nitrogen and oxygen atoms in total. The van der Waals surface area contributed by atoms with Gasteiger partial charge in [0.1, 0.15) is 5.75 Å². The number of esters is 1. The first-order valence-electron chi connectivity index (χ1n) is 9.11. The number of aromatic nitrogens is 1. The highest BCUT2D eigenvalue weighted by Gasteiger charge is 2.25. The molecule has 0 amide bonds. The summed E-state index contributed by atoms with van der Waals surface area (Å²) in [7, 11) is 0. The van der Waals surface area contributed by atoms with Crippen LogP contribution in [0, 0.1) is 13.8 Å². The largest absolute Gasteiger partial charge is 0.493 e. The zero-order chi connectivity index (χ0) is 20.8. The van der Waals surface area contributed by atoms with E-state index in [1.54, 1.807) is 19.9 Å². The van der Waals surface area contributed by atoms with E-state index in [0.717, 1.165) is 5.56 Å². The average Bonchev–Trinajstić information content (AvgIpc) is 2.94. The summed E-state index contributed by atoms with van der Waals surface area (Å²) in [6.07, 6.45) is 1.86. The number of ketones is 2. The monoisotopic (exact) mass is 383 g/mol. The van der Waals surface area contributed by atoms with Crippen LogP contribution in [0.4, 0.5) is 0 Å². The molecule has 0 bridgehead atoms. The lowest BCUT2D eigenvalue weighted by Crippen LogP contribution is -2.24. The van der Waals surface area contributed by atoms with Crippen LogP contribution in [0.15, 0.2) is 30.3 Å². The van der Waals surface area contributed by atoms with Crippen LogP contribution in [0.1, 0.15) is 58.4 Å². The van der Waals surface area contributed by atoms with Crippen molar-refractivity contribution in [1.29, 1.82) is 0 Å². The van der Waals surface area contributed by atoms with Crippen molar-refractivity contribution >= 4 is 23.6 Å². The molecule has 0 saturated carbocycles. The second kappa shape index (κ2) is 9.17. The molecule has 0 radical (unpaired) electrons. The molecule has 0 aliphatic carbocycles. The molecule has 1 aromatic heterocycles. The number of H-pyrrole nitrogens is 1. The van der Waals surface area contributed by atoms with E-state index in [1.165, 1.54) is 19.9 Å². The molecule has 0 aliphatic heterocycles. The maximum atomic E-state index is 12.6. The molecule has 0 fully saturated rings. The van der Waals surface area contributed by atoms with Gasteiger partial charge in [0, 0.05) is 22.9 Å². The van der Waals surface area contributed by atoms with Crippen LogP contribution >= 0.6 is 0 Å². The molecule has 148 valence electrons. The zero-order valence-corrected chi connectivity index (χ0v) is 16.8. The lowest BCUT2D eigenvalue weighted by Gasteiger charge is -2.11. The topological polar surface area (TPSA) is 85.5 Å². The minimum absolute atomic E-state index is 0.120. The van der Waals surface area contributed by atoms with E-state index in [0.29, 0.717) is 29.2 Å². The number of ether oxygens (including phenoxy) is 2. The Balaban J connectivity index is 2.10. The molecule has 2 aromatic rings. The minimum atomic E-state index is -0.990. The fourth-order valence-corrected chi connectivity index (χ4v) is 3.06. The van der Waals surface area contributed by atoms with Gasteiger partial charge in [0.2, 0.25) is 5.78 Å². The van der Waals surface area contributed by atoms with Gasteiger partial charge >= 0.3 is 5.97 Å². The van der Waals surface area contributed by atoms with Crippen molar-refractivity contribution in [1.82, 2.24) is 4.98 Å². The standard InChI is InChI=1S/C22H25NO5/c1-6-27-18-10-8-7-9-17(18)11-12-19(25)28-16(5)22(26)21-13(2)20(15(4)24)14(3)23-21/h7-12,16,23H,6H2,1-5H3/b12-11+/t16-/m1/s1. The summed E-state index contributed by atoms with van der Waals surface area (Å²) in [6, 6.07) is 7.31. The Labute approximate surface area is 164 Å². The highest BCUT2D eigenvalue weighted by atomic mass is 16.5. The van der Waals surface area contributed by atoms with Crippen molar-refractivity contribution in [2.45, 2.75) is 40.7 Å². The fourth-order valence-electron chi connectivity index (χ4n) is 3.06. The molecule has 1 N–H and O–H groups in total. The summed E-state index contributed by atoms with van der Waals surface area (Å²) in [4.78, 5) is 39.4. The average molecular weight is 383 g/mol. The summed E-state index contributed by atoms with van der Waals surface area (Å²) >= 11 is 0. The third-order valence-corrected chi connectivity index (χ3v) is 4.32. The molecule has 2 rings (SSSR count). The van der Waals surface area contributed by atoms with E-state index in [-0.39, 0.29) is 17.3 Å². The van der Waals surface area contributed by atoms with E-state index in [1.807, 2.05) is 31.2 Å². The SMILES string of the molecule is CCOc1ccccc1/C=C/C(=O)O[C@H](C)C(=O)c1[nH]c(C)c(C(C)=O)c1C. The maximum absolute atomic E-state index is 12.6. The third-order valence-electron chi connectivity index (χ3n) is 4.32. The predicted molar refractivity (Wildman–Crippen MR) is 107 cm³/mol. The molecular formula is C22H25NO5. The van der Waals surface area contributed by atoms with Crippen molar-refractivity contribution < 1.29 is 23.9 Å². The molecule has 0 unspecified atom stereocenters. The first-order chi connectivity index (χ1) is 13.3. The van der Waals surface area contributed by atoms with Gasteiger partial charge in [-0.3, -0.25) is 9.59 Å². The highest BCUT2D eigenvalue weighted by molar-refractivity contribution is 6.05. The first kappa shape index (κ1) is 21.2. The summed E-state index contributed by atoms with van der Waals surface area (Å²) in [5.74, 6) is -0.484. The van der Waals surface area contributed by atoms with E-state index in [2.05, 4.69) is 4.98 Å². The second-order valence-electron chi connectivity index (χ2n) is 6.43. The molecule has 1 heterocycles. The molecule has 0 spiro atoms. The van der Waals surface area contributed by atoms with Crippen LogP contribution in [0.2, 0.25) is 0 Å². The maximum Gasteiger partial charge on any atom is 0.331 e. The van der Waals surface area contributed by atoms with Crippen LogP contribution in [0.25, 0.3) is 6.08 Å². The predicted octanol–water partition coefficient (Wildman–Crippen LogP) is 4.06. The van der Waals surface area contributed by atoms with Gasteiger partial charge < -0.3 is 14.5 Å². The van der Waals surface area contributed by atoms with Gasteiger partial charge in [0.25, 0.3) is 0 Å². The molecule has 1 atom stereocenters. The van der Waals surface area contributed by atoms with Crippen LogP contribution in [0.5, 0.6) is 5.75 Å². The number of para-hydroxylation sites is 1. The molecule has 28 heavy (non-hydrogen) atoms. The fraction of sp³-hybridized carbons (Fsp3) is 0.318. The van der Waals surface area contributed by atoms with Crippen molar-refractivity contribution in [3.8, 4) is 5.75 Å². The number of carbonyl (C=O) groups is 3. The van der Waals surface area contributed by atoms with Gasteiger partial charge in [-0.1, -0.05) is 18.2 Å². The summed E-state index contributed by atoms with van der Waals surface area (Å²) < 4.78 is 10.7. The van der Waals surface area contributed by atoms with Crippen molar-refractivity contribution in [2.24, 2.45) is 0 Å². The number of rotatable bonds is 8. The lowest BCUT2D eigenvalue weighted by molar-refractivity contribution is -0.140. The summed E-state index contributed by atoms with van der Waals surface area (Å²) in [6.45, 7) is 8.78. The minimum Gasteiger partial charge on any atom is -0.493 e. The summed E-state index contributed by atoms with van der Waals surface area (Å²) in [5, 5.41) is 0. The Bertz CT molecular complexity index is 923. The Hall–Kier alpha value is -3.15. The highest BCUT2D eigenvalue weighted by Crippen LogP contribution is 2.21. The first-order valence-corrected chi connectivity index (χ1v) is 9.11. The number of nitrogens with one attached hydrogen (secondary N) is 1. The number of hydrogen-bond donors (Lipinski definition) is 1. The van der Waals surface area contributed by atoms with E-state index >= 15 is 0 Å². The Morgan fingerprint density at radius 3 is 2.46 bits per heavy atom. The van der Waals surface area contributed by atoms with Crippen molar-refractivity contribution in [2.75, 3.05) is 6.61 Å².